The summed E-state index contributed by atoms with van der Waals surface area (Å²) in [5.74, 6) is 1.82. The van der Waals surface area contributed by atoms with Crippen LogP contribution in [-0.4, -0.2) is 29.1 Å². The minimum Gasteiger partial charge on any atom is -0.360 e. The van der Waals surface area contributed by atoms with Gasteiger partial charge < -0.3 is 9.84 Å². The number of hydrogen-bond acceptors (Lipinski definition) is 4. The smallest absolute Gasteiger partial charge is 0.247 e. The van der Waals surface area contributed by atoms with Crippen molar-refractivity contribution in [2.24, 2.45) is 5.92 Å². The number of aromatic nitrogens is 1. The zero-order valence-corrected chi connectivity index (χ0v) is 14.4. The van der Waals surface area contributed by atoms with Gasteiger partial charge in [-0.2, -0.15) is 0 Å². The second-order valence-electron chi connectivity index (χ2n) is 6.70. The molecule has 5 heteroatoms. The van der Waals surface area contributed by atoms with E-state index in [0.29, 0.717) is 17.5 Å². The van der Waals surface area contributed by atoms with Crippen molar-refractivity contribution in [3.63, 3.8) is 0 Å². The van der Waals surface area contributed by atoms with E-state index >= 15 is 0 Å². The highest BCUT2D eigenvalue weighted by Gasteiger charge is 2.29. The molecule has 0 unspecified atom stereocenters. The van der Waals surface area contributed by atoms with Gasteiger partial charge in [-0.25, -0.2) is 0 Å². The van der Waals surface area contributed by atoms with E-state index in [0.717, 1.165) is 31.5 Å². The van der Waals surface area contributed by atoms with Gasteiger partial charge in [-0.15, -0.1) is 0 Å². The number of hydrogen-bond donors (Lipinski definition) is 1. The maximum absolute atomic E-state index is 13.0. The molecule has 128 valence electrons. The lowest BCUT2D eigenvalue weighted by Gasteiger charge is -2.29. The van der Waals surface area contributed by atoms with Crippen molar-refractivity contribution in [2.45, 2.75) is 39.2 Å². The molecule has 0 aliphatic carbocycles. The third kappa shape index (κ3) is 4.03. The summed E-state index contributed by atoms with van der Waals surface area (Å²) in [6.07, 6.45) is 3.47. The first-order valence-electron chi connectivity index (χ1n) is 8.66. The van der Waals surface area contributed by atoms with E-state index < -0.39 is 0 Å². The number of nitrogens with one attached hydrogen (secondary N) is 1. The van der Waals surface area contributed by atoms with Crippen LogP contribution >= 0.6 is 0 Å². The fraction of sp³-hybridized carbons (Fsp3) is 0.474. The number of rotatable bonds is 4. The first kappa shape index (κ1) is 16.7. The molecule has 1 amide bonds. The van der Waals surface area contributed by atoms with E-state index in [1.165, 1.54) is 6.42 Å². The second-order valence-corrected chi connectivity index (χ2v) is 6.70. The van der Waals surface area contributed by atoms with Crippen molar-refractivity contribution in [1.82, 2.24) is 10.1 Å². The third-order valence-electron chi connectivity index (χ3n) is 4.66. The Morgan fingerprint density at radius 3 is 2.79 bits per heavy atom. The van der Waals surface area contributed by atoms with E-state index in [-0.39, 0.29) is 11.9 Å². The molecule has 0 spiro atoms. The second kappa shape index (κ2) is 7.62. The summed E-state index contributed by atoms with van der Waals surface area (Å²) in [6.45, 7) is 5.98. The molecular weight excluding hydrogens is 302 g/mol. The Morgan fingerprint density at radius 2 is 2.08 bits per heavy atom. The van der Waals surface area contributed by atoms with Crippen LogP contribution in [-0.2, 0) is 4.79 Å². The normalized spacial score (nSPS) is 20.3. The molecule has 24 heavy (non-hydrogen) atoms. The van der Waals surface area contributed by atoms with Gasteiger partial charge in [0.05, 0.1) is 0 Å². The molecule has 2 aromatic rings. The van der Waals surface area contributed by atoms with Crippen molar-refractivity contribution in [3.05, 3.63) is 47.7 Å². The predicted molar refractivity (Wildman–Crippen MR) is 93.6 cm³/mol. The highest BCUT2D eigenvalue weighted by atomic mass is 16.5. The van der Waals surface area contributed by atoms with Crippen molar-refractivity contribution < 1.29 is 9.32 Å². The van der Waals surface area contributed by atoms with E-state index in [4.69, 9.17) is 4.52 Å². The van der Waals surface area contributed by atoms with E-state index in [2.05, 4.69) is 22.3 Å². The highest BCUT2D eigenvalue weighted by molar-refractivity contribution is 5.94. The van der Waals surface area contributed by atoms with Gasteiger partial charge in [0.2, 0.25) is 5.91 Å². The molecule has 3 rings (SSSR count). The summed E-state index contributed by atoms with van der Waals surface area (Å²) in [6, 6.07) is 11.4. The maximum Gasteiger partial charge on any atom is 0.247 e. The fourth-order valence-electron chi connectivity index (χ4n) is 3.33. The van der Waals surface area contributed by atoms with Gasteiger partial charge in [-0.05, 0) is 50.8 Å². The van der Waals surface area contributed by atoms with Gasteiger partial charge in [0, 0.05) is 6.07 Å². The SMILES string of the molecule is Cc1cc(NC(=O)[C@@H](c2ccccc2)N2CCC[C@H](C)CC2)no1. The van der Waals surface area contributed by atoms with Crippen LogP contribution in [0.2, 0.25) is 0 Å². The Balaban J connectivity index is 1.82. The molecule has 2 atom stereocenters. The van der Waals surface area contributed by atoms with Crippen LogP contribution < -0.4 is 5.32 Å². The molecule has 0 radical (unpaired) electrons. The molecular formula is C19H25N3O2. The minimum absolute atomic E-state index is 0.0518. The Labute approximate surface area is 143 Å². The number of carbonyl (C=O) groups excluding carboxylic acids is 1. The molecule has 1 aromatic heterocycles. The standard InChI is InChI=1S/C19H25N3O2/c1-14-7-6-11-22(12-10-14)18(16-8-4-3-5-9-16)19(23)20-17-13-15(2)24-21-17/h3-5,8-9,13-14,18H,6-7,10-12H2,1-2H3,(H,20,21,23)/t14-,18+/m0/s1. The Kier molecular flexibility index (Phi) is 5.30. The summed E-state index contributed by atoms with van der Waals surface area (Å²) in [4.78, 5) is 15.3. The largest absolute Gasteiger partial charge is 0.360 e. The Hall–Kier alpha value is -2.14. The molecule has 1 aliphatic rings. The van der Waals surface area contributed by atoms with Crippen LogP contribution in [0.3, 0.4) is 0 Å². The summed E-state index contributed by atoms with van der Waals surface area (Å²) in [5, 5.41) is 6.79. The first-order valence-corrected chi connectivity index (χ1v) is 8.66. The minimum atomic E-state index is -0.298. The molecule has 1 aromatic carbocycles. The first-order chi connectivity index (χ1) is 11.6. The third-order valence-corrected chi connectivity index (χ3v) is 4.66. The average molecular weight is 327 g/mol. The lowest BCUT2D eigenvalue weighted by atomic mass is 10.0. The van der Waals surface area contributed by atoms with Crippen molar-refractivity contribution in [1.29, 1.82) is 0 Å². The van der Waals surface area contributed by atoms with Gasteiger partial charge >= 0.3 is 0 Å². The Morgan fingerprint density at radius 1 is 1.29 bits per heavy atom. The molecule has 1 N–H and O–H groups in total. The highest BCUT2D eigenvalue weighted by Crippen LogP contribution is 2.27. The topological polar surface area (TPSA) is 58.4 Å². The van der Waals surface area contributed by atoms with Gasteiger partial charge in [-0.1, -0.05) is 42.4 Å². The predicted octanol–water partition coefficient (Wildman–Crippen LogP) is 3.78. The quantitative estimate of drug-likeness (QED) is 0.928. The average Bonchev–Trinajstić information content (AvgIpc) is 2.86. The molecule has 2 heterocycles. The van der Waals surface area contributed by atoms with E-state index in [1.54, 1.807) is 6.07 Å². The van der Waals surface area contributed by atoms with Crippen LogP contribution in [0, 0.1) is 12.8 Å². The summed E-state index contributed by atoms with van der Waals surface area (Å²) in [5.41, 5.74) is 1.02. The number of aryl methyl sites for hydroxylation is 1. The number of nitrogens with zero attached hydrogens (tertiary/aromatic N) is 2. The lowest BCUT2D eigenvalue weighted by molar-refractivity contribution is -0.121. The fourth-order valence-corrected chi connectivity index (χ4v) is 3.33. The van der Waals surface area contributed by atoms with Crippen molar-refractivity contribution in [2.75, 3.05) is 18.4 Å². The number of likely N-dealkylation sites (tertiary alicyclic amines) is 1. The van der Waals surface area contributed by atoms with Gasteiger partial charge in [0.1, 0.15) is 11.8 Å². The number of carbonyl (C=O) groups is 1. The van der Waals surface area contributed by atoms with E-state index in [1.807, 2.05) is 37.3 Å². The van der Waals surface area contributed by atoms with E-state index in [9.17, 15) is 4.79 Å². The number of benzene rings is 1. The van der Waals surface area contributed by atoms with Crippen LogP contribution in [0.1, 0.15) is 43.6 Å². The van der Waals surface area contributed by atoms with Crippen LogP contribution in [0.5, 0.6) is 0 Å². The molecule has 1 aliphatic heterocycles. The van der Waals surface area contributed by atoms with Crippen molar-refractivity contribution >= 4 is 11.7 Å². The van der Waals surface area contributed by atoms with Gasteiger partial charge in [0.15, 0.2) is 5.82 Å². The Bertz CT molecular complexity index is 668. The molecule has 5 nitrogen and oxygen atoms in total. The summed E-state index contributed by atoms with van der Waals surface area (Å²) < 4.78 is 5.05. The van der Waals surface area contributed by atoms with Crippen LogP contribution in [0.4, 0.5) is 5.82 Å². The molecule has 1 saturated heterocycles. The zero-order chi connectivity index (χ0) is 16.9. The van der Waals surface area contributed by atoms with Gasteiger partial charge in [-0.3, -0.25) is 9.69 Å². The molecule has 1 fully saturated rings. The molecule has 0 saturated carbocycles. The number of anilines is 1. The number of amides is 1. The lowest BCUT2D eigenvalue weighted by Crippen LogP contribution is -2.38. The maximum atomic E-state index is 13.0. The molecule has 0 bridgehead atoms. The van der Waals surface area contributed by atoms with Gasteiger partial charge in [0.25, 0.3) is 0 Å². The summed E-state index contributed by atoms with van der Waals surface area (Å²) in [7, 11) is 0. The van der Waals surface area contributed by atoms with Crippen LogP contribution in [0.25, 0.3) is 0 Å². The van der Waals surface area contributed by atoms with Crippen molar-refractivity contribution in [3.8, 4) is 0 Å². The summed E-state index contributed by atoms with van der Waals surface area (Å²) >= 11 is 0. The van der Waals surface area contributed by atoms with Crippen LogP contribution in [0.15, 0.2) is 40.9 Å². The monoisotopic (exact) mass is 327 g/mol. The zero-order valence-electron chi connectivity index (χ0n) is 14.4.